The summed E-state index contributed by atoms with van der Waals surface area (Å²) in [6, 6.07) is 16.6. The first-order valence-corrected chi connectivity index (χ1v) is 7.24. The van der Waals surface area contributed by atoms with Gasteiger partial charge in [0.2, 0.25) is 0 Å². The number of carbonyl (C=O) groups is 3. The Morgan fingerprint density at radius 2 is 1.58 bits per heavy atom. The summed E-state index contributed by atoms with van der Waals surface area (Å²) in [5.74, 6) is -1.73. The summed E-state index contributed by atoms with van der Waals surface area (Å²) in [5.41, 5.74) is 0.930. The maximum absolute atomic E-state index is 12.2. The Hall–Kier alpha value is -3.47. The van der Waals surface area contributed by atoms with Crippen LogP contribution in [0.15, 0.2) is 60.7 Å². The van der Waals surface area contributed by atoms with E-state index in [1.54, 1.807) is 54.6 Å². The normalized spacial score (nSPS) is 12.8. The van der Waals surface area contributed by atoms with Crippen LogP contribution in [0, 0.1) is 0 Å². The molecular weight excluding hydrogens is 308 g/mol. The summed E-state index contributed by atoms with van der Waals surface area (Å²) in [6.45, 7) is 0. The lowest BCUT2D eigenvalue weighted by atomic mass is 9.97. The quantitative estimate of drug-likeness (QED) is 0.411. The van der Waals surface area contributed by atoms with E-state index in [2.05, 4.69) is 0 Å². The van der Waals surface area contributed by atoms with E-state index in [1.807, 2.05) is 0 Å². The molecule has 1 heterocycles. The lowest BCUT2D eigenvalue weighted by Gasteiger charge is -2.16. The zero-order valence-corrected chi connectivity index (χ0v) is 12.3. The van der Waals surface area contributed by atoms with Gasteiger partial charge in [-0.3, -0.25) is 0 Å². The minimum atomic E-state index is -0.749. The van der Waals surface area contributed by atoms with Crippen LogP contribution < -0.4 is 4.74 Å². The third-order valence-electron chi connectivity index (χ3n) is 3.80. The average Bonchev–Trinajstić information content (AvgIpc) is 2.60. The fourth-order valence-electron chi connectivity index (χ4n) is 2.72. The molecule has 3 aromatic rings. The molecule has 0 bridgehead atoms. The zero-order valence-electron chi connectivity index (χ0n) is 12.3. The van der Waals surface area contributed by atoms with Crippen LogP contribution in [0.25, 0.3) is 10.8 Å². The second-order valence-electron chi connectivity index (χ2n) is 5.31. The van der Waals surface area contributed by atoms with Crippen LogP contribution in [0.2, 0.25) is 0 Å². The molecule has 5 nitrogen and oxygen atoms in total. The molecule has 0 unspecified atom stereocenters. The fraction of sp³-hybridized carbons (Fsp3) is 0. The number of cyclic esters (lactones) is 2. The highest BCUT2D eigenvalue weighted by Gasteiger charge is 2.28. The minimum Gasteiger partial charge on any atom is -0.423 e. The van der Waals surface area contributed by atoms with E-state index in [0.29, 0.717) is 21.9 Å². The molecule has 0 aliphatic carbocycles. The number of ether oxygens (including phenoxy) is 2. The number of benzene rings is 3. The fourth-order valence-corrected chi connectivity index (χ4v) is 2.72. The maximum atomic E-state index is 12.2. The molecular formula is C19H10O5. The first kappa shape index (κ1) is 14.1. The van der Waals surface area contributed by atoms with Crippen LogP contribution in [0.4, 0.5) is 0 Å². The smallest absolute Gasteiger partial charge is 0.346 e. The van der Waals surface area contributed by atoms with Gasteiger partial charge in [-0.25, -0.2) is 14.4 Å². The van der Waals surface area contributed by atoms with Gasteiger partial charge in [0.15, 0.2) is 0 Å². The molecule has 24 heavy (non-hydrogen) atoms. The van der Waals surface area contributed by atoms with Gasteiger partial charge in [-0.05, 0) is 35.7 Å². The first-order valence-electron chi connectivity index (χ1n) is 7.24. The molecule has 116 valence electrons. The van der Waals surface area contributed by atoms with E-state index < -0.39 is 17.9 Å². The van der Waals surface area contributed by atoms with Crippen molar-refractivity contribution in [3.05, 3.63) is 77.4 Å². The minimum absolute atomic E-state index is 0.207. The van der Waals surface area contributed by atoms with E-state index in [1.165, 1.54) is 6.07 Å². The van der Waals surface area contributed by atoms with Gasteiger partial charge in [0.25, 0.3) is 0 Å². The Kier molecular flexibility index (Phi) is 3.13. The van der Waals surface area contributed by atoms with Crippen molar-refractivity contribution in [3.8, 4) is 5.75 Å². The Morgan fingerprint density at radius 1 is 0.833 bits per heavy atom. The summed E-state index contributed by atoms with van der Waals surface area (Å²) in [6.07, 6.45) is 0. The maximum Gasteiger partial charge on any atom is 0.346 e. The van der Waals surface area contributed by atoms with Crippen LogP contribution in [0.5, 0.6) is 5.75 Å². The lowest BCUT2D eigenvalue weighted by molar-refractivity contribution is 0.0389. The molecule has 3 aromatic carbocycles. The van der Waals surface area contributed by atoms with Gasteiger partial charge in [0, 0.05) is 5.39 Å². The summed E-state index contributed by atoms with van der Waals surface area (Å²) in [7, 11) is 0. The molecule has 1 aliphatic rings. The van der Waals surface area contributed by atoms with E-state index in [9.17, 15) is 14.4 Å². The molecule has 0 atom stereocenters. The van der Waals surface area contributed by atoms with Gasteiger partial charge in [0.1, 0.15) is 5.75 Å². The molecule has 1 aliphatic heterocycles. The van der Waals surface area contributed by atoms with E-state index in [4.69, 9.17) is 9.47 Å². The van der Waals surface area contributed by atoms with Crippen molar-refractivity contribution < 1.29 is 23.9 Å². The van der Waals surface area contributed by atoms with E-state index >= 15 is 0 Å². The average molecular weight is 318 g/mol. The zero-order chi connectivity index (χ0) is 16.7. The van der Waals surface area contributed by atoms with Crippen molar-refractivity contribution in [2.75, 3.05) is 0 Å². The van der Waals surface area contributed by atoms with Gasteiger partial charge >= 0.3 is 17.9 Å². The highest BCUT2D eigenvalue weighted by Crippen LogP contribution is 2.32. The third-order valence-corrected chi connectivity index (χ3v) is 3.80. The standard InChI is InChI=1S/C19H10O5/c20-17(11-5-2-1-3-6-11)23-13-9-12-7-4-8-14-16(12)15(10-13)19(22)24-18(14)21/h1-10H. The Labute approximate surface area is 136 Å². The summed E-state index contributed by atoms with van der Waals surface area (Å²) in [4.78, 5) is 36.0. The highest BCUT2D eigenvalue weighted by atomic mass is 16.6. The molecule has 0 spiro atoms. The van der Waals surface area contributed by atoms with Gasteiger partial charge < -0.3 is 9.47 Å². The van der Waals surface area contributed by atoms with Crippen LogP contribution in [0.1, 0.15) is 31.1 Å². The van der Waals surface area contributed by atoms with Crippen LogP contribution in [-0.2, 0) is 4.74 Å². The molecule has 0 aromatic heterocycles. The Morgan fingerprint density at radius 3 is 2.38 bits per heavy atom. The van der Waals surface area contributed by atoms with Gasteiger partial charge in [0.05, 0.1) is 16.7 Å². The van der Waals surface area contributed by atoms with Crippen molar-refractivity contribution in [2.45, 2.75) is 0 Å². The summed E-state index contributed by atoms with van der Waals surface area (Å²) < 4.78 is 10.1. The van der Waals surface area contributed by atoms with E-state index in [-0.39, 0.29) is 11.3 Å². The number of hydrogen-bond acceptors (Lipinski definition) is 5. The Balaban J connectivity index is 1.81. The Bertz CT molecular complexity index is 1000. The van der Waals surface area contributed by atoms with Crippen molar-refractivity contribution in [3.63, 3.8) is 0 Å². The molecule has 0 N–H and O–H groups in total. The molecule has 0 amide bonds. The van der Waals surface area contributed by atoms with Crippen LogP contribution >= 0.6 is 0 Å². The van der Waals surface area contributed by atoms with Crippen LogP contribution in [-0.4, -0.2) is 17.9 Å². The van der Waals surface area contributed by atoms with Gasteiger partial charge in [-0.2, -0.15) is 0 Å². The number of rotatable bonds is 2. The van der Waals surface area contributed by atoms with Crippen molar-refractivity contribution in [1.82, 2.24) is 0 Å². The SMILES string of the molecule is O=C(Oc1cc2c3c(cccc3c1)C(=O)OC2=O)c1ccccc1. The van der Waals surface area contributed by atoms with E-state index in [0.717, 1.165) is 0 Å². The molecule has 0 fully saturated rings. The van der Waals surface area contributed by atoms with Crippen LogP contribution in [0.3, 0.4) is 0 Å². The predicted octanol–water partition coefficient (Wildman–Crippen LogP) is 3.37. The predicted molar refractivity (Wildman–Crippen MR) is 85.1 cm³/mol. The number of carbonyl (C=O) groups excluding carboxylic acids is 3. The van der Waals surface area contributed by atoms with Gasteiger partial charge in [-0.15, -0.1) is 0 Å². The highest BCUT2D eigenvalue weighted by molar-refractivity contribution is 6.21. The number of esters is 3. The second-order valence-corrected chi connectivity index (χ2v) is 5.31. The molecule has 0 saturated carbocycles. The lowest BCUT2D eigenvalue weighted by Crippen LogP contribution is -2.20. The summed E-state index contributed by atoms with van der Waals surface area (Å²) >= 11 is 0. The molecule has 0 radical (unpaired) electrons. The molecule has 4 rings (SSSR count). The monoisotopic (exact) mass is 318 g/mol. The van der Waals surface area contributed by atoms with Crippen molar-refractivity contribution in [2.24, 2.45) is 0 Å². The first-order chi connectivity index (χ1) is 11.6. The van der Waals surface area contributed by atoms with Crippen molar-refractivity contribution in [1.29, 1.82) is 0 Å². The molecule has 5 heteroatoms. The third kappa shape index (κ3) is 2.23. The number of hydrogen-bond donors (Lipinski definition) is 0. The molecule has 0 saturated heterocycles. The topological polar surface area (TPSA) is 69.7 Å². The van der Waals surface area contributed by atoms with Gasteiger partial charge in [-0.1, -0.05) is 30.3 Å². The van der Waals surface area contributed by atoms with Crippen molar-refractivity contribution >= 4 is 28.7 Å². The second kappa shape index (κ2) is 5.31. The largest absolute Gasteiger partial charge is 0.423 e. The summed E-state index contributed by atoms with van der Waals surface area (Å²) in [5, 5.41) is 1.14.